The average Bonchev–Trinajstić information content (AvgIpc) is 3.10. The molecule has 3 rings (SSSR count). The van der Waals surface area contributed by atoms with Crippen LogP contribution in [-0.4, -0.2) is 40.5 Å². The summed E-state index contributed by atoms with van der Waals surface area (Å²) in [6.45, 7) is 6.95. The molecule has 2 aromatic rings. The molecule has 1 aliphatic rings. The van der Waals surface area contributed by atoms with Gasteiger partial charge in [-0.05, 0) is 37.3 Å². The van der Waals surface area contributed by atoms with Gasteiger partial charge in [-0.15, -0.1) is 0 Å². The van der Waals surface area contributed by atoms with E-state index in [9.17, 15) is 9.18 Å². The van der Waals surface area contributed by atoms with Crippen molar-refractivity contribution < 1.29 is 13.9 Å². The lowest BCUT2D eigenvalue weighted by Gasteiger charge is -2.57. The third-order valence-corrected chi connectivity index (χ3v) is 5.64. The standard InChI is InChI=1S/C20H27FN4O2/c1-4-27-17-13-20(22,19(17,2)3)18(26)23-11-9-15-10-12-25(24-15)16-7-5-14(21)6-8-16/h5-8,10,12,17H,4,9,11,13,22H2,1-3H3,(H,23,26). The molecule has 1 heterocycles. The van der Waals surface area contributed by atoms with Crippen molar-refractivity contribution in [3.05, 3.63) is 48.0 Å². The Kier molecular flexibility index (Phi) is 5.35. The Labute approximate surface area is 158 Å². The first-order valence-corrected chi connectivity index (χ1v) is 9.27. The van der Waals surface area contributed by atoms with Crippen molar-refractivity contribution >= 4 is 5.91 Å². The summed E-state index contributed by atoms with van der Waals surface area (Å²) in [6, 6.07) is 8.01. The van der Waals surface area contributed by atoms with Crippen LogP contribution in [0.4, 0.5) is 4.39 Å². The molecule has 146 valence electrons. The normalized spacial score (nSPS) is 23.7. The second-order valence-corrected chi connectivity index (χ2v) is 7.58. The number of halogens is 1. The maximum absolute atomic E-state index is 13.0. The number of ether oxygens (including phenoxy) is 1. The molecule has 1 aromatic heterocycles. The number of hydrogen-bond donors (Lipinski definition) is 2. The predicted octanol–water partition coefficient (Wildman–Crippen LogP) is 2.20. The van der Waals surface area contributed by atoms with Gasteiger partial charge in [0, 0.05) is 37.6 Å². The zero-order chi connectivity index (χ0) is 19.7. The quantitative estimate of drug-likeness (QED) is 0.778. The highest BCUT2D eigenvalue weighted by Crippen LogP contribution is 2.49. The van der Waals surface area contributed by atoms with E-state index in [0.29, 0.717) is 26.0 Å². The fourth-order valence-electron chi connectivity index (χ4n) is 3.52. The zero-order valence-corrected chi connectivity index (χ0v) is 16.0. The molecule has 1 amide bonds. The first-order valence-electron chi connectivity index (χ1n) is 9.27. The SMILES string of the molecule is CCOC1CC(N)(C(=O)NCCc2ccn(-c3ccc(F)cc3)n2)C1(C)C. The zero-order valence-electron chi connectivity index (χ0n) is 16.0. The van der Waals surface area contributed by atoms with Crippen molar-refractivity contribution in [2.45, 2.75) is 45.3 Å². The summed E-state index contributed by atoms with van der Waals surface area (Å²) in [5.74, 6) is -0.434. The Bertz CT molecular complexity index is 803. The van der Waals surface area contributed by atoms with Gasteiger partial charge in [0.1, 0.15) is 11.4 Å². The summed E-state index contributed by atoms with van der Waals surface area (Å²) >= 11 is 0. The van der Waals surface area contributed by atoms with Crippen molar-refractivity contribution in [2.24, 2.45) is 11.1 Å². The Balaban J connectivity index is 1.53. The minimum Gasteiger partial charge on any atom is -0.378 e. The number of rotatable bonds is 7. The lowest BCUT2D eigenvalue weighted by molar-refractivity contribution is -0.170. The van der Waals surface area contributed by atoms with Crippen LogP contribution in [0.2, 0.25) is 0 Å². The van der Waals surface area contributed by atoms with Crippen LogP contribution in [-0.2, 0) is 16.0 Å². The third-order valence-electron chi connectivity index (χ3n) is 5.64. The molecular weight excluding hydrogens is 347 g/mol. The topological polar surface area (TPSA) is 82.2 Å². The second-order valence-electron chi connectivity index (χ2n) is 7.58. The van der Waals surface area contributed by atoms with Crippen LogP contribution < -0.4 is 11.1 Å². The highest BCUT2D eigenvalue weighted by molar-refractivity contribution is 5.88. The minimum atomic E-state index is -0.916. The van der Waals surface area contributed by atoms with Crippen molar-refractivity contribution in [3.63, 3.8) is 0 Å². The Morgan fingerprint density at radius 1 is 1.37 bits per heavy atom. The molecule has 0 spiro atoms. The molecule has 1 saturated carbocycles. The number of nitrogens with two attached hydrogens (primary N) is 1. The number of nitrogens with zero attached hydrogens (tertiary/aromatic N) is 2. The molecule has 1 aromatic carbocycles. The minimum absolute atomic E-state index is 0.00431. The Morgan fingerprint density at radius 3 is 2.70 bits per heavy atom. The third kappa shape index (κ3) is 3.61. The largest absolute Gasteiger partial charge is 0.378 e. The number of carbonyl (C=O) groups excluding carboxylic acids is 1. The first kappa shape index (κ1) is 19.5. The van der Waals surface area contributed by atoms with Gasteiger partial charge in [-0.25, -0.2) is 9.07 Å². The highest BCUT2D eigenvalue weighted by atomic mass is 19.1. The fourth-order valence-corrected chi connectivity index (χ4v) is 3.52. The van der Waals surface area contributed by atoms with Gasteiger partial charge in [0.05, 0.1) is 17.5 Å². The van der Waals surface area contributed by atoms with Gasteiger partial charge in [0.25, 0.3) is 0 Å². The lowest BCUT2D eigenvalue weighted by Crippen LogP contribution is -2.75. The second kappa shape index (κ2) is 7.40. The summed E-state index contributed by atoms with van der Waals surface area (Å²) in [5.41, 5.74) is 6.67. The summed E-state index contributed by atoms with van der Waals surface area (Å²) in [5, 5.41) is 7.39. The maximum Gasteiger partial charge on any atom is 0.240 e. The van der Waals surface area contributed by atoms with Gasteiger partial charge in [-0.3, -0.25) is 4.79 Å². The maximum atomic E-state index is 13.0. The smallest absolute Gasteiger partial charge is 0.240 e. The van der Waals surface area contributed by atoms with Crippen LogP contribution in [0.5, 0.6) is 0 Å². The van der Waals surface area contributed by atoms with Gasteiger partial charge in [0.15, 0.2) is 0 Å². The lowest BCUT2D eigenvalue weighted by atomic mass is 9.54. The number of benzene rings is 1. The van der Waals surface area contributed by atoms with Crippen LogP contribution in [0.3, 0.4) is 0 Å². The first-order chi connectivity index (χ1) is 12.8. The molecular formula is C20H27FN4O2. The number of carbonyl (C=O) groups is 1. The molecule has 0 saturated heterocycles. The molecule has 0 bridgehead atoms. The monoisotopic (exact) mass is 374 g/mol. The molecule has 3 N–H and O–H groups in total. The molecule has 2 atom stereocenters. The van der Waals surface area contributed by atoms with E-state index in [0.717, 1.165) is 11.4 Å². The van der Waals surface area contributed by atoms with Crippen molar-refractivity contribution in [2.75, 3.05) is 13.2 Å². The van der Waals surface area contributed by atoms with Gasteiger partial charge in [0.2, 0.25) is 5.91 Å². The predicted molar refractivity (Wildman–Crippen MR) is 101 cm³/mol. The molecule has 0 aliphatic heterocycles. The molecule has 6 nitrogen and oxygen atoms in total. The van der Waals surface area contributed by atoms with Crippen molar-refractivity contribution in [1.29, 1.82) is 0 Å². The summed E-state index contributed by atoms with van der Waals surface area (Å²) < 4.78 is 20.4. The molecule has 27 heavy (non-hydrogen) atoms. The van der Waals surface area contributed by atoms with Crippen LogP contribution in [0.1, 0.15) is 32.9 Å². The molecule has 7 heteroatoms. The number of aromatic nitrogens is 2. The van der Waals surface area contributed by atoms with Crippen LogP contribution >= 0.6 is 0 Å². The van der Waals surface area contributed by atoms with Crippen molar-refractivity contribution in [1.82, 2.24) is 15.1 Å². The van der Waals surface area contributed by atoms with E-state index in [-0.39, 0.29) is 17.8 Å². The van der Waals surface area contributed by atoms with E-state index in [1.807, 2.05) is 33.0 Å². The number of nitrogens with one attached hydrogen (secondary N) is 1. The summed E-state index contributed by atoms with van der Waals surface area (Å²) in [7, 11) is 0. The molecule has 2 unspecified atom stereocenters. The Morgan fingerprint density at radius 2 is 2.07 bits per heavy atom. The van der Waals surface area contributed by atoms with E-state index in [2.05, 4.69) is 10.4 Å². The molecule has 1 aliphatic carbocycles. The average molecular weight is 374 g/mol. The summed E-state index contributed by atoms with van der Waals surface area (Å²) in [4.78, 5) is 12.6. The van der Waals surface area contributed by atoms with Crippen LogP contribution in [0, 0.1) is 11.2 Å². The van der Waals surface area contributed by atoms with Gasteiger partial charge in [-0.2, -0.15) is 5.10 Å². The van der Waals surface area contributed by atoms with E-state index in [1.54, 1.807) is 16.8 Å². The van der Waals surface area contributed by atoms with E-state index in [4.69, 9.17) is 10.5 Å². The van der Waals surface area contributed by atoms with Gasteiger partial charge >= 0.3 is 0 Å². The van der Waals surface area contributed by atoms with Crippen LogP contribution in [0.15, 0.2) is 36.5 Å². The fraction of sp³-hybridized carbons (Fsp3) is 0.500. The highest BCUT2D eigenvalue weighted by Gasteiger charge is 2.62. The number of amides is 1. The molecule has 1 fully saturated rings. The van der Waals surface area contributed by atoms with E-state index < -0.39 is 11.0 Å². The van der Waals surface area contributed by atoms with Crippen molar-refractivity contribution in [3.8, 4) is 5.69 Å². The van der Waals surface area contributed by atoms with E-state index in [1.165, 1.54) is 12.1 Å². The number of hydrogen-bond acceptors (Lipinski definition) is 4. The Hall–Kier alpha value is -2.25. The van der Waals surface area contributed by atoms with E-state index >= 15 is 0 Å². The summed E-state index contributed by atoms with van der Waals surface area (Å²) in [6.07, 6.45) is 2.94. The van der Waals surface area contributed by atoms with Gasteiger partial charge < -0.3 is 15.8 Å². The van der Waals surface area contributed by atoms with Crippen LogP contribution in [0.25, 0.3) is 5.69 Å². The van der Waals surface area contributed by atoms with Gasteiger partial charge in [-0.1, -0.05) is 13.8 Å². The molecule has 0 radical (unpaired) electrons.